The van der Waals surface area contributed by atoms with Gasteiger partial charge in [-0.05, 0) is 30.0 Å². The molecule has 0 radical (unpaired) electrons. The van der Waals surface area contributed by atoms with E-state index >= 15 is 0 Å². The monoisotopic (exact) mass is 287 g/mol. The Hall–Kier alpha value is -2.87. The largest absolute Gasteiger partial charge is 0.322 e. The highest BCUT2D eigenvalue weighted by Gasteiger charge is 2.02. The van der Waals surface area contributed by atoms with Gasteiger partial charge in [0.1, 0.15) is 0 Å². The fourth-order valence-electron chi connectivity index (χ4n) is 2.36. The van der Waals surface area contributed by atoms with Crippen molar-refractivity contribution in [2.24, 2.45) is 0 Å². The summed E-state index contributed by atoms with van der Waals surface area (Å²) in [5.74, 6) is -0.128. The fourth-order valence-corrected chi connectivity index (χ4v) is 2.36. The van der Waals surface area contributed by atoms with E-state index in [1.807, 2.05) is 79.7 Å². The molecular formula is C20H17NO. The summed E-state index contributed by atoms with van der Waals surface area (Å²) in [4.78, 5) is 12.1. The number of hydrogen-bond acceptors (Lipinski definition) is 1. The Kier molecular flexibility index (Phi) is 4.01. The lowest BCUT2D eigenvalue weighted by molar-refractivity contribution is -0.111. The van der Waals surface area contributed by atoms with Crippen LogP contribution in [0.3, 0.4) is 0 Å². The van der Waals surface area contributed by atoms with Crippen molar-refractivity contribution >= 4 is 28.4 Å². The molecule has 0 atom stereocenters. The molecule has 22 heavy (non-hydrogen) atoms. The fraction of sp³-hybridized carbons (Fsp3) is 0.0500. The lowest BCUT2D eigenvalue weighted by Crippen LogP contribution is -2.07. The molecule has 0 spiro atoms. The van der Waals surface area contributed by atoms with Crippen LogP contribution in [0.1, 0.15) is 11.1 Å². The number of fused-ring (bicyclic) bond motifs is 1. The van der Waals surface area contributed by atoms with Crippen LogP contribution < -0.4 is 5.32 Å². The average Bonchev–Trinajstić information content (AvgIpc) is 2.55. The van der Waals surface area contributed by atoms with Crippen LogP contribution in [-0.4, -0.2) is 5.91 Å². The highest BCUT2D eigenvalue weighted by molar-refractivity contribution is 6.07. The van der Waals surface area contributed by atoms with Crippen LogP contribution in [0.4, 0.5) is 5.69 Å². The van der Waals surface area contributed by atoms with Crippen LogP contribution in [0, 0.1) is 6.92 Å². The summed E-state index contributed by atoms with van der Waals surface area (Å²) in [5, 5.41) is 5.10. The molecule has 0 fully saturated rings. The van der Waals surface area contributed by atoms with Gasteiger partial charge in [0.05, 0.1) is 0 Å². The molecular weight excluding hydrogens is 270 g/mol. The van der Waals surface area contributed by atoms with E-state index in [2.05, 4.69) is 5.32 Å². The Morgan fingerprint density at radius 3 is 2.45 bits per heavy atom. The lowest BCUT2D eigenvalue weighted by atomic mass is 10.1. The van der Waals surface area contributed by atoms with E-state index < -0.39 is 0 Å². The number of nitrogens with one attached hydrogen (secondary N) is 1. The Morgan fingerprint density at radius 1 is 0.909 bits per heavy atom. The van der Waals surface area contributed by atoms with Gasteiger partial charge in [0, 0.05) is 17.1 Å². The lowest BCUT2D eigenvalue weighted by Gasteiger charge is -2.06. The first-order valence-electron chi connectivity index (χ1n) is 7.26. The van der Waals surface area contributed by atoms with Crippen LogP contribution in [0.2, 0.25) is 0 Å². The molecule has 1 amide bonds. The Labute approximate surface area is 130 Å². The zero-order chi connectivity index (χ0) is 15.4. The third-order valence-electron chi connectivity index (χ3n) is 3.55. The van der Waals surface area contributed by atoms with Crippen molar-refractivity contribution in [1.29, 1.82) is 0 Å². The molecule has 0 aliphatic carbocycles. The molecule has 0 saturated heterocycles. The smallest absolute Gasteiger partial charge is 0.248 e. The number of carbonyl (C=O) groups excluding carboxylic acids is 1. The predicted octanol–water partition coefficient (Wildman–Crippen LogP) is 4.80. The van der Waals surface area contributed by atoms with E-state index in [9.17, 15) is 4.79 Å². The predicted molar refractivity (Wildman–Crippen MR) is 92.8 cm³/mol. The van der Waals surface area contributed by atoms with Crippen molar-refractivity contribution in [3.63, 3.8) is 0 Å². The average molecular weight is 287 g/mol. The number of anilines is 1. The summed E-state index contributed by atoms with van der Waals surface area (Å²) < 4.78 is 0. The number of amides is 1. The van der Waals surface area contributed by atoms with Crippen molar-refractivity contribution in [2.45, 2.75) is 6.92 Å². The summed E-state index contributed by atoms with van der Waals surface area (Å²) in [6, 6.07) is 22.0. The van der Waals surface area contributed by atoms with E-state index in [1.54, 1.807) is 6.08 Å². The SMILES string of the molecule is Cc1ccc(C=CC(=O)Nc2cccc3ccccc23)cc1. The minimum absolute atomic E-state index is 0.128. The standard InChI is InChI=1S/C20H17NO/c1-15-9-11-16(12-10-15)13-14-20(22)21-19-8-4-6-17-5-2-3-7-18(17)19/h2-14H,1H3,(H,21,22). The molecule has 0 aliphatic rings. The topological polar surface area (TPSA) is 29.1 Å². The van der Waals surface area contributed by atoms with E-state index in [0.717, 1.165) is 22.0 Å². The number of hydrogen-bond donors (Lipinski definition) is 1. The number of carbonyl (C=O) groups is 1. The second kappa shape index (κ2) is 6.27. The number of benzene rings is 3. The van der Waals surface area contributed by atoms with Gasteiger partial charge in [-0.1, -0.05) is 66.2 Å². The van der Waals surface area contributed by atoms with Crippen LogP contribution in [0.5, 0.6) is 0 Å². The van der Waals surface area contributed by atoms with E-state index in [4.69, 9.17) is 0 Å². The Bertz CT molecular complexity index is 826. The van der Waals surface area contributed by atoms with Crippen LogP contribution in [0.15, 0.2) is 72.8 Å². The first-order chi connectivity index (χ1) is 10.7. The minimum atomic E-state index is -0.128. The van der Waals surface area contributed by atoms with E-state index in [0.29, 0.717) is 0 Å². The van der Waals surface area contributed by atoms with Gasteiger partial charge >= 0.3 is 0 Å². The summed E-state index contributed by atoms with van der Waals surface area (Å²) in [6.45, 7) is 2.04. The van der Waals surface area contributed by atoms with Gasteiger partial charge in [-0.3, -0.25) is 4.79 Å². The third kappa shape index (κ3) is 3.23. The maximum atomic E-state index is 12.1. The first-order valence-corrected chi connectivity index (χ1v) is 7.26. The molecule has 1 N–H and O–H groups in total. The van der Waals surface area contributed by atoms with Gasteiger partial charge in [-0.2, -0.15) is 0 Å². The molecule has 2 nitrogen and oxygen atoms in total. The second-order valence-electron chi connectivity index (χ2n) is 5.26. The Morgan fingerprint density at radius 2 is 1.64 bits per heavy atom. The zero-order valence-electron chi connectivity index (χ0n) is 12.4. The highest BCUT2D eigenvalue weighted by atomic mass is 16.1. The van der Waals surface area contributed by atoms with Crippen LogP contribution in [-0.2, 0) is 4.79 Å². The third-order valence-corrected chi connectivity index (χ3v) is 3.55. The van der Waals surface area contributed by atoms with E-state index in [1.165, 1.54) is 5.56 Å². The maximum Gasteiger partial charge on any atom is 0.248 e. The summed E-state index contributed by atoms with van der Waals surface area (Å²) in [5.41, 5.74) is 3.05. The van der Waals surface area contributed by atoms with Crippen molar-refractivity contribution in [1.82, 2.24) is 0 Å². The first kappa shape index (κ1) is 14.1. The molecule has 0 unspecified atom stereocenters. The molecule has 0 bridgehead atoms. The Balaban J connectivity index is 1.77. The molecule has 3 aromatic carbocycles. The molecule has 108 valence electrons. The van der Waals surface area contributed by atoms with Crippen molar-refractivity contribution in [2.75, 3.05) is 5.32 Å². The summed E-state index contributed by atoms with van der Waals surface area (Å²) in [6.07, 6.45) is 3.38. The van der Waals surface area contributed by atoms with Crippen LogP contribution in [0.25, 0.3) is 16.8 Å². The quantitative estimate of drug-likeness (QED) is 0.689. The maximum absolute atomic E-state index is 12.1. The number of aryl methyl sites for hydroxylation is 1. The molecule has 2 heteroatoms. The van der Waals surface area contributed by atoms with Crippen molar-refractivity contribution in [3.8, 4) is 0 Å². The summed E-state index contributed by atoms with van der Waals surface area (Å²) in [7, 11) is 0. The number of rotatable bonds is 3. The van der Waals surface area contributed by atoms with E-state index in [-0.39, 0.29) is 5.91 Å². The van der Waals surface area contributed by atoms with Gasteiger partial charge in [-0.15, -0.1) is 0 Å². The zero-order valence-corrected chi connectivity index (χ0v) is 12.4. The van der Waals surface area contributed by atoms with Gasteiger partial charge in [0.25, 0.3) is 0 Å². The van der Waals surface area contributed by atoms with Gasteiger partial charge < -0.3 is 5.32 Å². The van der Waals surface area contributed by atoms with Crippen molar-refractivity contribution < 1.29 is 4.79 Å². The van der Waals surface area contributed by atoms with Crippen molar-refractivity contribution in [3.05, 3.63) is 83.9 Å². The second-order valence-corrected chi connectivity index (χ2v) is 5.26. The summed E-state index contributed by atoms with van der Waals surface area (Å²) >= 11 is 0. The molecule has 0 saturated carbocycles. The molecule has 0 aliphatic heterocycles. The molecule has 0 heterocycles. The van der Waals surface area contributed by atoms with Gasteiger partial charge in [-0.25, -0.2) is 0 Å². The highest BCUT2D eigenvalue weighted by Crippen LogP contribution is 2.22. The molecule has 3 aromatic rings. The van der Waals surface area contributed by atoms with Gasteiger partial charge in [0.2, 0.25) is 5.91 Å². The molecule has 0 aromatic heterocycles. The van der Waals surface area contributed by atoms with Crippen LogP contribution >= 0.6 is 0 Å². The normalized spacial score (nSPS) is 11.0. The minimum Gasteiger partial charge on any atom is -0.322 e. The van der Waals surface area contributed by atoms with Gasteiger partial charge in [0.15, 0.2) is 0 Å². The molecule has 3 rings (SSSR count).